The molecule has 4 aromatic rings. The molecule has 0 atom stereocenters. The largest absolute Gasteiger partial charge is 0.496 e. The lowest BCUT2D eigenvalue weighted by atomic mass is 9.87. The topological polar surface area (TPSA) is 87.6 Å². The number of rotatable bonds is 8. The van der Waals surface area contributed by atoms with Gasteiger partial charge < -0.3 is 20.9 Å². The van der Waals surface area contributed by atoms with Crippen LogP contribution in [0.2, 0.25) is 0 Å². The minimum atomic E-state index is -0.408. The molecule has 4 aromatic carbocycles. The van der Waals surface area contributed by atoms with Gasteiger partial charge in [-0.25, -0.2) is 4.39 Å². The van der Waals surface area contributed by atoms with Gasteiger partial charge in [0.25, 0.3) is 0 Å². The fourth-order valence-corrected chi connectivity index (χ4v) is 4.87. The SMILES string of the molecule is COc1cc(-c2cccc(-c3cccc(-c4cc(F)c(CN)c(OC)c4)c3C)c2C)ccc1CC(N)=O. The Morgan fingerprint density at radius 3 is 1.86 bits per heavy atom. The number of primary amides is 1. The van der Waals surface area contributed by atoms with Crippen molar-refractivity contribution in [3.63, 3.8) is 0 Å². The maximum Gasteiger partial charge on any atom is 0.221 e. The Kier molecular flexibility index (Phi) is 7.60. The van der Waals surface area contributed by atoms with Crippen LogP contribution >= 0.6 is 0 Å². The Bertz CT molecular complexity index is 1480. The Labute approximate surface area is 216 Å². The van der Waals surface area contributed by atoms with Crippen LogP contribution in [0.25, 0.3) is 33.4 Å². The van der Waals surface area contributed by atoms with Crippen LogP contribution in [0.5, 0.6) is 11.5 Å². The van der Waals surface area contributed by atoms with Gasteiger partial charge in [-0.1, -0.05) is 48.5 Å². The predicted molar refractivity (Wildman–Crippen MR) is 146 cm³/mol. The van der Waals surface area contributed by atoms with Crippen LogP contribution in [-0.4, -0.2) is 20.1 Å². The molecule has 0 radical (unpaired) electrons. The summed E-state index contributed by atoms with van der Waals surface area (Å²) in [6.07, 6.45) is 0.117. The third kappa shape index (κ3) is 5.06. The minimum absolute atomic E-state index is 0.0641. The molecule has 0 heterocycles. The van der Waals surface area contributed by atoms with Crippen molar-refractivity contribution in [1.82, 2.24) is 0 Å². The van der Waals surface area contributed by atoms with Crippen molar-refractivity contribution >= 4 is 5.91 Å². The highest BCUT2D eigenvalue weighted by Crippen LogP contribution is 2.39. The molecule has 190 valence electrons. The molecule has 0 aliphatic rings. The highest BCUT2D eigenvalue weighted by atomic mass is 19.1. The second kappa shape index (κ2) is 10.8. The van der Waals surface area contributed by atoms with Gasteiger partial charge in [0.1, 0.15) is 17.3 Å². The van der Waals surface area contributed by atoms with E-state index < -0.39 is 5.91 Å². The molecular formula is C31H31FN2O3. The van der Waals surface area contributed by atoms with Crippen LogP contribution in [0.3, 0.4) is 0 Å². The number of carbonyl (C=O) groups excluding carboxylic acids is 1. The van der Waals surface area contributed by atoms with Crippen molar-refractivity contribution in [3.8, 4) is 44.9 Å². The lowest BCUT2D eigenvalue weighted by Crippen LogP contribution is -2.14. The van der Waals surface area contributed by atoms with E-state index >= 15 is 0 Å². The Hall–Kier alpha value is -4.16. The third-order valence-electron chi connectivity index (χ3n) is 6.81. The fraction of sp³-hybridized carbons (Fsp3) is 0.194. The summed E-state index contributed by atoms with van der Waals surface area (Å²) in [5.41, 5.74) is 20.1. The van der Waals surface area contributed by atoms with Crippen molar-refractivity contribution in [2.24, 2.45) is 11.5 Å². The lowest BCUT2D eigenvalue weighted by Gasteiger charge is -2.18. The molecule has 4 N–H and O–H groups in total. The van der Waals surface area contributed by atoms with Crippen LogP contribution in [0.15, 0.2) is 66.7 Å². The number of hydrogen-bond acceptors (Lipinski definition) is 4. The van der Waals surface area contributed by atoms with E-state index in [1.807, 2.05) is 49.4 Å². The number of halogens is 1. The quantitative estimate of drug-likeness (QED) is 0.314. The van der Waals surface area contributed by atoms with Crippen LogP contribution in [0, 0.1) is 19.7 Å². The minimum Gasteiger partial charge on any atom is -0.496 e. The van der Waals surface area contributed by atoms with Gasteiger partial charge in [-0.3, -0.25) is 4.79 Å². The highest BCUT2D eigenvalue weighted by Gasteiger charge is 2.17. The zero-order chi connectivity index (χ0) is 26.7. The van der Waals surface area contributed by atoms with Crippen molar-refractivity contribution in [2.45, 2.75) is 26.8 Å². The average Bonchev–Trinajstić information content (AvgIpc) is 2.88. The summed E-state index contributed by atoms with van der Waals surface area (Å²) in [7, 11) is 3.10. The molecule has 5 nitrogen and oxygen atoms in total. The monoisotopic (exact) mass is 498 g/mol. The molecule has 0 fully saturated rings. The first-order chi connectivity index (χ1) is 17.8. The molecule has 0 saturated carbocycles. The molecule has 4 rings (SSSR count). The Morgan fingerprint density at radius 2 is 1.32 bits per heavy atom. The van der Waals surface area contributed by atoms with E-state index in [1.54, 1.807) is 7.11 Å². The first-order valence-corrected chi connectivity index (χ1v) is 12.0. The van der Waals surface area contributed by atoms with E-state index in [0.717, 1.165) is 50.1 Å². The molecule has 0 spiro atoms. The normalized spacial score (nSPS) is 10.9. The molecule has 6 heteroatoms. The van der Waals surface area contributed by atoms with Crippen molar-refractivity contribution < 1.29 is 18.7 Å². The Morgan fingerprint density at radius 1 is 0.784 bits per heavy atom. The molecule has 0 bridgehead atoms. The van der Waals surface area contributed by atoms with Crippen LogP contribution in [0.1, 0.15) is 22.3 Å². The van der Waals surface area contributed by atoms with E-state index in [0.29, 0.717) is 17.1 Å². The first-order valence-electron chi connectivity index (χ1n) is 12.0. The van der Waals surface area contributed by atoms with E-state index in [4.69, 9.17) is 20.9 Å². The molecular weight excluding hydrogens is 467 g/mol. The van der Waals surface area contributed by atoms with Crippen molar-refractivity contribution in [1.29, 1.82) is 0 Å². The molecule has 1 amide bonds. The number of hydrogen-bond donors (Lipinski definition) is 2. The van der Waals surface area contributed by atoms with Crippen LogP contribution in [0.4, 0.5) is 4.39 Å². The van der Waals surface area contributed by atoms with E-state index in [1.165, 1.54) is 13.2 Å². The second-order valence-corrected chi connectivity index (χ2v) is 8.97. The summed E-state index contributed by atoms with van der Waals surface area (Å²) >= 11 is 0. The van der Waals surface area contributed by atoms with E-state index in [9.17, 15) is 9.18 Å². The summed E-state index contributed by atoms with van der Waals surface area (Å²) in [5, 5.41) is 0. The first kappa shape index (κ1) is 25.9. The fourth-order valence-electron chi connectivity index (χ4n) is 4.87. The van der Waals surface area contributed by atoms with Gasteiger partial charge in [-0.15, -0.1) is 0 Å². The molecule has 0 aliphatic heterocycles. The second-order valence-electron chi connectivity index (χ2n) is 8.97. The molecule has 0 unspecified atom stereocenters. The lowest BCUT2D eigenvalue weighted by molar-refractivity contribution is -0.117. The molecule has 37 heavy (non-hydrogen) atoms. The van der Waals surface area contributed by atoms with Gasteiger partial charge in [-0.05, 0) is 76.6 Å². The maximum atomic E-state index is 14.8. The average molecular weight is 499 g/mol. The standard InChI is InChI=1S/C31H31FN2O3/c1-18-23(20-11-12-21(16-31(34)35)29(14-20)36-3)7-5-9-25(18)26-10-6-8-24(19(26)2)22-13-28(32)27(17-33)30(15-22)37-4/h5-15H,16-17,33H2,1-4H3,(H2,34,35). The van der Waals surface area contributed by atoms with Crippen LogP contribution in [-0.2, 0) is 17.8 Å². The summed E-state index contributed by atoms with van der Waals surface area (Å²) in [6, 6.07) is 21.3. The predicted octanol–water partition coefficient (Wildman–Crippen LogP) is 5.95. The van der Waals surface area contributed by atoms with Gasteiger partial charge >= 0.3 is 0 Å². The van der Waals surface area contributed by atoms with Crippen molar-refractivity contribution in [3.05, 3.63) is 94.8 Å². The van der Waals surface area contributed by atoms with E-state index in [-0.39, 0.29) is 18.8 Å². The molecule has 0 saturated heterocycles. The number of ether oxygens (including phenoxy) is 2. The van der Waals surface area contributed by atoms with Crippen molar-refractivity contribution in [2.75, 3.05) is 14.2 Å². The van der Waals surface area contributed by atoms with Gasteiger partial charge in [-0.2, -0.15) is 0 Å². The summed E-state index contributed by atoms with van der Waals surface area (Å²) < 4.78 is 25.8. The van der Waals surface area contributed by atoms with Gasteiger partial charge in [0, 0.05) is 17.7 Å². The zero-order valence-corrected chi connectivity index (χ0v) is 21.5. The summed E-state index contributed by atoms with van der Waals surface area (Å²) in [5.74, 6) is 0.272. The van der Waals surface area contributed by atoms with Gasteiger partial charge in [0.05, 0.1) is 20.6 Å². The number of amides is 1. The number of nitrogens with two attached hydrogens (primary N) is 2. The smallest absolute Gasteiger partial charge is 0.221 e. The summed E-state index contributed by atoms with van der Waals surface area (Å²) in [4.78, 5) is 11.4. The third-order valence-corrected chi connectivity index (χ3v) is 6.81. The van der Waals surface area contributed by atoms with Gasteiger partial charge in [0.15, 0.2) is 0 Å². The van der Waals surface area contributed by atoms with E-state index in [2.05, 4.69) is 25.1 Å². The van der Waals surface area contributed by atoms with Crippen LogP contribution < -0.4 is 20.9 Å². The highest BCUT2D eigenvalue weighted by molar-refractivity contribution is 5.85. The number of carbonyl (C=O) groups is 1. The summed E-state index contributed by atoms with van der Waals surface area (Å²) in [6.45, 7) is 4.19. The maximum absolute atomic E-state index is 14.8. The molecule has 0 aromatic heterocycles. The number of benzene rings is 4. The Balaban J connectivity index is 1.81. The molecule has 0 aliphatic carbocycles. The number of methoxy groups -OCH3 is 2. The zero-order valence-electron chi connectivity index (χ0n) is 21.5. The van der Waals surface area contributed by atoms with Gasteiger partial charge in [0.2, 0.25) is 5.91 Å².